The normalized spacial score (nSPS) is 12.3. The monoisotopic (exact) mass is 322 g/mol. The summed E-state index contributed by atoms with van der Waals surface area (Å²) < 4.78 is 0. The predicted molar refractivity (Wildman–Crippen MR) is 95.2 cm³/mol. The van der Waals surface area contributed by atoms with Crippen LogP contribution in [0, 0.1) is 20.8 Å². The van der Waals surface area contributed by atoms with Crippen molar-refractivity contribution >= 4 is 16.8 Å². The van der Waals surface area contributed by atoms with E-state index < -0.39 is 0 Å². The predicted octanol–water partition coefficient (Wildman–Crippen LogP) is 3.24. The number of amides is 1. The van der Waals surface area contributed by atoms with Crippen molar-refractivity contribution in [2.75, 3.05) is 0 Å². The lowest BCUT2D eigenvalue weighted by Gasteiger charge is -2.14. The van der Waals surface area contributed by atoms with Gasteiger partial charge < -0.3 is 5.32 Å². The van der Waals surface area contributed by atoms with Gasteiger partial charge in [0, 0.05) is 29.2 Å². The van der Waals surface area contributed by atoms with E-state index in [4.69, 9.17) is 0 Å². The van der Waals surface area contributed by atoms with Gasteiger partial charge in [-0.05, 0) is 52.0 Å². The number of hydrogen-bond acceptors (Lipinski definition) is 3. The van der Waals surface area contributed by atoms with E-state index in [9.17, 15) is 4.79 Å². The summed E-state index contributed by atoms with van der Waals surface area (Å²) in [6.45, 7) is 7.88. The molecule has 1 amide bonds. The molecule has 1 unspecified atom stereocenters. The number of aromatic nitrogens is 3. The van der Waals surface area contributed by atoms with E-state index in [1.807, 2.05) is 58.0 Å². The zero-order valence-corrected chi connectivity index (χ0v) is 14.5. The number of pyridine rings is 1. The zero-order valence-electron chi connectivity index (χ0n) is 14.5. The lowest BCUT2D eigenvalue weighted by molar-refractivity contribution is 0.0941. The molecule has 2 N–H and O–H groups in total. The van der Waals surface area contributed by atoms with Crippen molar-refractivity contribution in [2.24, 2.45) is 0 Å². The summed E-state index contributed by atoms with van der Waals surface area (Å²) in [6, 6.07) is 9.83. The van der Waals surface area contributed by atoms with Gasteiger partial charge in [-0.3, -0.25) is 14.9 Å². The van der Waals surface area contributed by atoms with E-state index >= 15 is 0 Å². The molecule has 0 saturated heterocycles. The van der Waals surface area contributed by atoms with Crippen molar-refractivity contribution in [3.63, 3.8) is 0 Å². The minimum atomic E-state index is -0.0733. The van der Waals surface area contributed by atoms with Crippen LogP contribution in [0.3, 0.4) is 0 Å². The van der Waals surface area contributed by atoms with Crippen molar-refractivity contribution in [1.82, 2.24) is 20.5 Å². The molecule has 1 atom stereocenters. The Balaban J connectivity index is 1.84. The largest absolute Gasteiger partial charge is 0.349 e. The first-order chi connectivity index (χ1) is 11.4. The number of nitrogens with zero attached hydrogens (tertiary/aromatic N) is 2. The SMILES string of the molecule is Cc1ccc2nc(C)cc(C(=O)NC(C)Cc3cc(C)[nH]n3)c2c1. The third-order valence-electron chi connectivity index (χ3n) is 3.99. The van der Waals surface area contributed by atoms with Crippen LogP contribution in [0.15, 0.2) is 30.3 Å². The zero-order chi connectivity index (χ0) is 17.3. The van der Waals surface area contributed by atoms with Gasteiger partial charge in [0.15, 0.2) is 0 Å². The summed E-state index contributed by atoms with van der Waals surface area (Å²) in [4.78, 5) is 17.3. The fourth-order valence-corrected chi connectivity index (χ4v) is 2.91. The molecule has 2 heterocycles. The Kier molecular flexibility index (Phi) is 4.34. The number of nitrogens with one attached hydrogen (secondary N) is 2. The average Bonchev–Trinajstić information content (AvgIpc) is 2.91. The summed E-state index contributed by atoms with van der Waals surface area (Å²) in [6.07, 6.45) is 0.692. The molecule has 0 aliphatic heterocycles. The number of rotatable bonds is 4. The van der Waals surface area contributed by atoms with Gasteiger partial charge in [0.2, 0.25) is 0 Å². The fraction of sp³-hybridized carbons (Fsp3) is 0.316. The maximum Gasteiger partial charge on any atom is 0.252 e. The molecule has 5 heteroatoms. The number of carbonyl (C=O) groups excluding carboxylic acids is 1. The van der Waals surface area contributed by atoms with Gasteiger partial charge in [-0.25, -0.2) is 0 Å². The van der Waals surface area contributed by atoms with Gasteiger partial charge in [-0.1, -0.05) is 11.6 Å². The third kappa shape index (κ3) is 3.45. The Hall–Kier alpha value is -2.69. The lowest BCUT2D eigenvalue weighted by Crippen LogP contribution is -2.34. The van der Waals surface area contributed by atoms with Crippen molar-refractivity contribution in [2.45, 2.75) is 40.2 Å². The third-order valence-corrected chi connectivity index (χ3v) is 3.99. The number of aryl methyl sites for hydroxylation is 3. The van der Waals surface area contributed by atoms with Gasteiger partial charge in [0.05, 0.1) is 16.8 Å². The van der Waals surface area contributed by atoms with E-state index in [1.165, 1.54) is 0 Å². The molecule has 2 aromatic heterocycles. The van der Waals surface area contributed by atoms with E-state index in [0.717, 1.165) is 33.5 Å². The van der Waals surface area contributed by atoms with Crippen molar-refractivity contribution in [3.05, 3.63) is 58.5 Å². The Labute approximate surface area is 141 Å². The van der Waals surface area contributed by atoms with E-state index in [1.54, 1.807) is 0 Å². The Morgan fingerprint density at radius 2 is 2.00 bits per heavy atom. The molecule has 3 rings (SSSR count). The second kappa shape index (κ2) is 6.43. The maximum absolute atomic E-state index is 12.8. The summed E-state index contributed by atoms with van der Waals surface area (Å²) in [7, 11) is 0. The van der Waals surface area contributed by atoms with Crippen LogP contribution in [-0.4, -0.2) is 27.1 Å². The Morgan fingerprint density at radius 1 is 1.21 bits per heavy atom. The van der Waals surface area contributed by atoms with Crippen LogP contribution in [0.25, 0.3) is 10.9 Å². The highest BCUT2D eigenvalue weighted by Gasteiger charge is 2.15. The van der Waals surface area contributed by atoms with Crippen LogP contribution < -0.4 is 5.32 Å². The summed E-state index contributed by atoms with van der Waals surface area (Å²) in [5.74, 6) is -0.0733. The summed E-state index contributed by atoms with van der Waals surface area (Å²) >= 11 is 0. The Morgan fingerprint density at radius 3 is 2.71 bits per heavy atom. The molecule has 0 aliphatic rings. The fourth-order valence-electron chi connectivity index (χ4n) is 2.91. The maximum atomic E-state index is 12.8. The number of carbonyl (C=O) groups is 1. The molecule has 0 spiro atoms. The van der Waals surface area contributed by atoms with Crippen LogP contribution in [0.4, 0.5) is 0 Å². The smallest absolute Gasteiger partial charge is 0.252 e. The molecular formula is C19H22N4O. The highest BCUT2D eigenvalue weighted by molar-refractivity contribution is 6.06. The molecule has 124 valence electrons. The average molecular weight is 322 g/mol. The summed E-state index contributed by atoms with van der Waals surface area (Å²) in [5.41, 5.74) is 5.45. The van der Waals surface area contributed by atoms with E-state index in [2.05, 4.69) is 20.5 Å². The minimum Gasteiger partial charge on any atom is -0.349 e. The standard InChI is InChI=1S/C19H22N4O/c1-11-5-6-18-16(7-11)17(10-13(3)20-18)19(24)21-12(2)8-15-9-14(4)22-23-15/h5-7,9-10,12H,8H2,1-4H3,(H,21,24)(H,22,23). The van der Waals surface area contributed by atoms with Crippen molar-refractivity contribution in [1.29, 1.82) is 0 Å². The van der Waals surface area contributed by atoms with Crippen LogP contribution in [0.2, 0.25) is 0 Å². The highest BCUT2D eigenvalue weighted by Crippen LogP contribution is 2.20. The Bertz CT molecular complexity index is 898. The molecule has 0 radical (unpaired) electrons. The molecule has 0 bridgehead atoms. The van der Waals surface area contributed by atoms with Crippen LogP contribution >= 0.6 is 0 Å². The first kappa shape index (κ1) is 16.2. The van der Waals surface area contributed by atoms with Crippen molar-refractivity contribution in [3.8, 4) is 0 Å². The van der Waals surface area contributed by atoms with Gasteiger partial charge in [-0.2, -0.15) is 5.10 Å². The van der Waals surface area contributed by atoms with Crippen molar-refractivity contribution < 1.29 is 4.79 Å². The van der Waals surface area contributed by atoms with Crippen LogP contribution in [-0.2, 0) is 6.42 Å². The molecule has 0 fully saturated rings. The first-order valence-corrected chi connectivity index (χ1v) is 8.12. The quantitative estimate of drug-likeness (QED) is 0.774. The summed E-state index contributed by atoms with van der Waals surface area (Å²) in [5, 5.41) is 11.1. The molecule has 0 aliphatic carbocycles. The minimum absolute atomic E-state index is 0.00599. The van der Waals surface area contributed by atoms with Gasteiger partial charge in [0.1, 0.15) is 0 Å². The molecule has 3 aromatic rings. The van der Waals surface area contributed by atoms with Gasteiger partial charge in [-0.15, -0.1) is 0 Å². The molecule has 1 aromatic carbocycles. The van der Waals surface area contributed by atoms with Gasteiger partial charge in [0.25, 0.3) is 5.91 Å². The van der Waals surface area contributed by atoms with E-state index in [-0.39, 0.29) is 11.9 Å². The second-order valence-electron chi connectivity index (χ2n) is 6.45. The number of hydrogen-bond donors (Lipinski definition) is 2. The molecular weight excluding hydrogens is 300 g/mol. The number of aromatic amines is 1. The number of benzene rings is 1. The molecule has 0 saturated carbocycles. The number of fused-ring (bicyclic) bond motifs is 1. The van der Waals surface area contributed by atoms with Gasteiger partial charge >= 0.3 is 0 Å². The molecule has 5 nitrogen and oxygen atoms in total. The van der Waals surface area contributed by atoms with Crippen LogP contribution in [0.5, 0.6) is 0 Å². The lowest BCUT2D eigenvalue weighted by atomic mass is 10.0. The molecule has 24 heavy (non-hydrogen) atoms. The van der Waals surface area contributed by atoms with E-state index in [0.29, 0.717) is 12.0 Å². The topological polar surface area (TPSA) is 70.7 Å². The number of H-pyrrole nitrogens is 1. The van der Waals surface area contributed by atoms with Crippen LogP contribution in [0.1, 0.15) is 39.9 Å². The highest BCUT2D eigenvalue weighted by atomic mass is 16.1. The second-order valence-corrected chi connectivity index (χ2v) is 6.45. The first-order valence-electron chi connectivity index (χ1n) is 8.12.